The van der Waals surface area contributed by atoms with Crippen LogP contribution >= 0.6 is 0 Å². The summed E-state index contributed by atoms with van der Waals surface area (Å²) in [6, 6.07) is 11.8. The van der Waals surface area contributed by atoms with Gasteiger partial charge in [-0.15, -0.1) is 0 Å². The van der Waals surface area contributed by atoms with Gasteiger partial charge >= 0.3 is 0 Å². The quantitative estimate of drug-likeness (QED) is 0.432. The predicted octanol–water partition coefficient (Wildman–Crippen LogP) is 4.14. The van der Waals surface area contributed by atoms with E-state index in [-0.39, 0.29) is 11.9 Å². The first-order chi connectivity index (χ1) is 14.1. The zero-order chi connectivity index (χ0) is 20.0. The van der Waals surface area contributed by atoms with Crippen molar-refractivity contribution in [3.8, 4) is 11.1 Å². The van der Waals surface area contributed by atoms with Gasteiger partial charge < -0.3 is 5.32 Å². The number of nitrogens with one attached hydrogen (secondary N) is 3. The average Bonchev–Trinajstić information content (AvgIpc) is 3.46. The van der Waals surface area contributed by atoms with E-state index in [2.05, 4.69) is 30.8 Å². The second kappa shape index (κ2) is 6.59. The number of nitrogens with zero attached hydrogens (tertiary/aromatic N) is 4. The molecule has 0 bridgehead atoms. The van der Waals surface area contributed by atoms with Gasteiger partial charge in [-0.25, -0.2) is 0 Å². The Morgan fingerprint density at radius 3 is 2.66 bits per heavy atom. The van der Waals surface area contributed by atoms with Gasteiger partial charge in [0.15, 0.2) is 0 Å². The van der Waals surface area contributed by atoms with Crippen molar-refractivity contribution in [3.05, 3.63) is 60.7 Å². The Bertz CT molecular complexity index is 1340. The van der Waals surface area contributed by atoms with Gasteiger partial charge in [0, 0.05) is 23.0 Å². The summed E-state index contributed by atoms with van der Waals surface area (Å²) in [5.41, 5.74) is 4.98. The molecule has 1 amide bonds. The molecule has 0 unspecified atom stereocenters. The van der Waals surface area contributed by atoms with Gasteiger partial charge in [-0.2, -0.15) is 15.3 Å². The molecule has 0 radical (unpaired) electrons. The number of carbonyl (C=O) groups is 1. The van der Waals surface area contributed by atoms with Crippen molar-refractivity contribution in [2.75, 3.05) is 5.32 Å². The number of benzene rings is 2. The standard InChI is InChI=1S/C21H19N7O/c1-12(2)28-20(6-7-24-28)21(29)25-18-8-13(9-19-16(18)11-23-27-19)14-4-3-5-17-15(14)10-22-26-17/h3-12H,1-2H3,(H,22,26)(H,23,27)(H,25,29). The van der Waals surface area contributed by atoms with Crippen molar-refractivity contribution in [2.24, 2.45) is 0 Å². The third-order valence-electron chi connectivity index (χ3n) is 4.99. The van der Waals surface area contributed by atoms with E-state index in [4.69, 9.17) is 0 Å². The number of anilines is 1. The monoisotopic (exact) mass is 385 g/mol. The number of H-pyrrole nitrogens is 2. The Morgan fingerprint density at radius 1 is 1.03 bits per heavy atom. The van der Waals surface area contributed by atoms with Crippen LogP contribution in [0.4, 0.5) is 5.69 Å². The SMILES string of the molecule is CC(C)n1nccc1C(=O)Nc1cc(-c2cccc3[nH]ncc23)cc2[nH]ncc12. The maximum atomic E-state index is 13.0. The fourth-order valence-electron chi connectivity index (χ4n) is 3.62. The van der Waals surface area contributed by atoms with Crippen LogP contribution in [-0.4, -0.2) is 36.1 Å². The van der Waals surface area contributed by atoms with Crippen LogP contribution in [0.3, 0.4) is 0 Å². The highest BCUT2D eigenvalue weighted by molar-refractivity contribution is 6.09. The molecule has 144 valence electrons. The van der Waals surface area contributed by atoms with Crippen molar-refractivity contribution in [2.45, 2.75) is 19.9 Å². The van der Waals surface area contributed by atoms with Crippen LogP contribution in [0.25, 0.3) is 32.9 Å². The smallest absolute Gasteiger partial charge is 0.273 e. The molecule has 29 heavy (non-hydrogen) atoms. The molecule has 3 aromatic heterocycles. The van der Waals surface area contributed by atoms with E-state index in [1.165, 1.54) is 0 Å². The van der Waals surface area contributed by atoms with Gasteiger partial charge in [0.2, 0.25) is 0 Å². The number of carbonyl (C=O) groups excluding carboxylic acids is 1. The molecule has 3 heterocycles. The minimum atomic E-state index is -0.211. The summed E-state index contributed by atoms with van der Waals surface area (Å²) in [5.74, 6) is -0.211. The van der Waals surface area contributed by atoms with Crippen molar-refractivity contribution >= 4 is 33.4 Å². The Kier molecular flexibility index (Phi) is 3.90. The maximum Gasteiger partial charge on any atom is 0.273 e. The lowest BCUT2D eigenvalue weighted by Gasteiger charge is -2.13. The third kappa shape index (κ3) is 2.85. The van der Waals surface area contributed by atoms with E-state index in [9.17, 15) is 4.79 Å². The summed E-state index contributed by atoms with van der Waals surface area (Å²) >= 11 is 0. The minimum Gasteiger partial charge on any atom is -0.320 e. The largest absolute Gasteiger partial charge is 0.320 e. The van der Waals surface area contributed by atoms with Gasteiger partial charge in [0.1, 0.15) is 5.69 Å². The molecule has 0 fully saturated rings. The fraction of sp³-hybridized carbons (Fsp3) is 0.143. The van der Waals surface area contributed by atoms with E-state index in [0.29, 0.717) is 11.4 Å². The van der Waals surface area contributed by atoms with Crippen LogP contribution in [0.1, 0.15) is 30.4 Å². The average molecular weight is 385 g/mol. The molecule has 0 aliphatic heterocycles. The minimum absolute atomic E-state index is 0.0877. The first-order valence-corrected chi connectivity index (χ1v) is 9.36. The van der Waals surface area contributed by atoms with Crippen molar-refractivity contribution in [1.82, 2.24) is 30.2 Å². The lowest BCUT2D eigenvalue weighted by atomic mass is 10.00. The fourth-order valence-corrected chi connectivity index (χ4v) is 3.62. The molecule has 0 aliphatic carbocycles. The Morgan fingerprint density at radius 2 is 1.83 bits per heavy atom. The molecular weight excluding hydrogens is 366 g/mol. The van der Waals surface area contributed by atoms with Crippen LogP contribution in [0, 0.1) is 0 Å². The summed E-state index contributed by atoms with van der Waals surface area (Å²) in [6.45, 7) is 3.98. The molecule has 0 aliphatic rings. The second-order valence-electron chi connectivity index (χ2n) is 7.20. The molecule has 3 N–H and O–H groups in total. The zero-order valence-electron chi connectivity index (χ0n) is 16.0. The van der Waals surface area contributed by atoms with E-state index < -0.39 is 0 Å². The number of aromatic amines is 2. The summed E-state index contributed by atoms with van der Waals surface area (Å²) < 4.78 is 1.71. The van der Waals surface area contributed by atoms with Gasteiger partial charge in [-0.1, -0.05) is 12.1 Å². The van der Waals surface area contributed by atoms with Gasteiger partial charge in [-0.3, -0.25) is 19.7 Å². The molecule has 0 saturated heterocycles. The van der Waals surface area contributed by atoms with Crippen molar-refractivity contribution in [3.63, 3.8) is 0 Å². The summed E-state index contributed by atoms with van der Waals surface area (Å²) in [5, 5.41) is 23.4. The summed E-state index contributed by atoms with van der Waals surface area (Å²) in [7, 11) is 0. The van der Waals surface area contributed by atoms with E-state index in [1.54, 1.807) is 29.3 Å². The molecule has 2 aromatic carbocycles. The van der Waals surface area contributed by atoms with Crippen LogP contribution in [0.5, 0.6) is 0 Å². The summed E-state index contributed by atoms with van der Waals surface area (Å²) in [6.07, 6.45) is 5.16. The first kappa shape index (κ1) is 17.2. The number of amides is 1. The topological polar surface area (TPSA) is 104 Å². The normalized spacial score (nSPS) is 11.6. The molecule has 0 atom stereocenters. The van der Waals surface area contributed by atoms with Gasteiger partial charge in [0.05, 0.1) is 29.1 Å². The second-order valence-corrected chi connectivity index (χ2v) is 7.20. The number of fused-ring (bicyclic) bond motifs is 2. The molecule has 8 nitrogen and oxygen atoms in total. The van der Waals surface area contributed by atoms with Crippen LogP contribution in [-0.2, 0) is 0 Å². The number of aromatic nitrogens is 6. The Labute approximate surface area is 165 Å². The van der Waals surface area contributed by atoms with E-state index in [1.807, 2.05) is 44.2 Å². The molecule has 8 heteroatoms. The Hall–Kier alpha value is -3.94. The highest BCUT2D eigenvalue weighted by atomic mass is 16.2. The van der Waals surface area contributed by atoms with Crippen LogP contribution in [0.15, 0.2) is 55.0 Å². The number of rotatable bonds is 4. The molecule has 0 spiro atoms. The molecule has 0 saturated carbocycles. The third-order valence-corrected chi connectivity index (χ3v) is 4.99. The highest BCUT2D eigenvalue weighted by Crippen LogP contribution is 2.33. The lowest BCUT2D eigenvalue weighted by Crippen LogP contribution is -2.19. The van der Waals surface area contributed by atoms with Crippen LogP contribution in [0.2, 0.25) is 0 Å². The lowest BCUT2D eigenvalue weighted by molar-refractivity contribution is 0.101. The maximum absolute atomic E-state index is 13.0. The molecular formula is C21H19N7O. The number of hydrogen-bond acceptors (Lipinski definition) is 4. The predicted molar refractivity (Wildman–Crippen MR) is 112 cm³/mol. The zero-order valence-corrected chi connectivity index (χ0v) is 16.0. The molecule has 5 aromatic rings. The van der Waals surface area contributed by atoms with Crippen LogP contribution < -0.4 is 5.32 Å². The molecule has 5 rings (SSSR count). The Balaban J connectivity index is 1.61. The van der Waals surface area contributed by atoms with Crippen molar-refractivity contribution < 1.29 is 4.79 Å². The van der Waals surface area contributed by atoms with E-state index in [0.717, 1.165) is 32.9 Å². The first-order valence-electron chi connectivity index (χ1n) is 9.36. The van der Waals surface area contributed by atoms with Gasteiger partial charge in [-0.05, 0) is 49.2 Å². The van der Waals surface area contributed by atoms with Gasteiger partial charge in [0.25, 0.3) is 5.91 Å². The number of hydrogen-bond donors (Lipinski definition) is 3. The van der Waals surface area contributed by atoms with Crippen molar-refractivity contribution in [1.29, 1.82) is 0 Å². The summed E-state index contributed by atoms with van der Waals surface area (Å²) in [4.78, 5) is 13.0. The highest BCUT2D eigenvalue weighted by Gasteiger charge is 2.17. The van der Waals surface area contributed by atoms with E-state index >= 15 is 0 Å².